The molecule has 0 amide bonds. The molecular formula is C16H13ClFN3. The van der Waals surface area contributed by atoms with Gasteiger partial charge in [-0.25, -0.2) is 9.37 Å². The molecule has 21 heavy (non-hydrogen) atoms. The molecule has 0 saturated carbocycles. The fraction of sp³-hybridized carbons (Fsp3) is 0.0625. The van der Waals surface area contributed by atoms with Crippen LogP contribution in [0.3, 0.4) is 0 Å². The van der Waals surface area contributed by atoms with Crippen LogP contribution in [0.25, 0.3) is 5.69 Å². The first-order valence-corrected chi connectivity index (χ1v) is 6.87. The second-order valence-electron chi connectivity index (χ2n) is 4.59. The summed E-state index contributed by atoms with van der Waals surface area (Å²) in [5.74, 6) is -0.404. The molecule has 106 valence electrons. The van der Waals surface area contributed by atoms with Gasteiger partial charge in [0.2, 0.25) is 0 Å². The lowest BCUT2D eigenvalue weighted by Crippen LogP contribution is -2.03. The highest BCUT2D eigenvalue weighted by atomic mass is 35.5. The first-order chi connectivity index (χ1) is 10.2. The average Bonchev–Trinajstić information content (AvgIpc) is 3.03. The monoisotopic (exact) mass is 301 g/mol. The highest BCUT2D eigenvalue weighted by molar-refractivity contribution is 6.30. The Balaban J connectivity index is 1.81. The minimum atomic E-state index is -0.404. The van der Waals surface area contributed by atoms with E-state index in [1.54, 1.807) is 24.7 Å². The standard InChI is InChI=1S/C16H13ClFN3/c17-13-6-5-12(9-14(13)18)10-20-15-3-1-2-4-16(15)21-8-7-19-11-21/h1-9,11,20H,10H2. The number of anilines is 1. The van der Waals surface area contributed by atoms with Crippen LogP contribution in [0.15, 0.2) is 61.2 Å². The molecule has 3 rings (SSSR count). The fourth-order valence-electron chi connectivity index (χ4n) is 2.10. The van der Waals surface area contributed by atoms with Crippen molar-refractivity contribution in [2.24, 2.45) is 0 Å². The van der Waals surface area contributed by atoms with Crippen molar-refractivity contribution in [2.75, 3.05) is 5.32 Å². The molecular weight excluding hydrogens is 289 g/mol. The van der Waals surface area contributed by atoms with Crippen LogP contribution < -0.4 is 5.32 Å². The lowest BCUT2D eigenvalue weighted by Gasteiger charge is -2.12. The summed E-state index contributed by atoms with van der Waals surface area (Å²) >= 11 is 5.68. The second-order valence-corrected chi connectivity index (χ2v) is 5.00. The van der Waals surface area contributed by atoms with Crippen molar-refractivity contribution in [3.8, 4) is 5.69 Å². The zero-order valence-corrected chi connectivity index (χ0v) is 11.9. The van der Waals surface area contributed by atoms with Gasteiger partial charge in [-0.05, 0) is 29.8 Å². The van der Waals surface area contributed by atoms with Crippen LogP contribution in [0.2, 0.25) is 5.02 Å². The molecule has 5 heteroatoms. The summed E-state index contributed by atoms with van der Waals surface area (Å²) in [6.45, 7) is 0.514. The number of nitrogens with one attached hydrogen (secondary N) is 1. The van der Waals surface area contributed by atoms with Crippen molar-refractivity contribution < 1.29 is 4.39 Å². The zero-order valence-electron chi connectivity index (χ0n) is 11.1. The molecule has 0 fully saturated rings. The molecule has 0 radical (unpaired) electrons. The van der Waals surface area contributed by atoms with Gasteiger partial charge in [-0.2, -0.15) is 0 Å². The third kappa shape index (κ3) is 3.06. The van der Waals surface area contributed by atoms with Crippen molar-refractivity contribution in [3.63, 3.8) is 0 Å². The molecule has 1 heterocycles. The van der Waals surface area contributed by atoms with Crippen LogP contribution in [0.5, 0.6) is 0 Å². The predicted molar refractivity (Wildman–Crippen MR) is 82.3 cm³/mol. The van der Waals surface area contributed by atoms with E-state index in [0.29, 0.717) is 6.54 Å². The lowest BCUT2D eigenvalue weighted by atomic mass is 10.2. The van der Waals surface area contributed by atoms with Crippen molar-refractivity contribution >= 4 is 17.3 Å². The summed E-state index contributed by atoms with van der Waals surface area (Å²) in [4.78, 5) is 4.05. The van der Waals surface area contributed by atoms with E-state index in [1.165, 1.54) is 6.07 Å². The highest BCUT2D eigenvalue weighted by Crippen LogP contribution is 2.21. The van der Waals surface area contributed by atoms with Crippen LogP contribution in [0.4, 0.5) is 10.1 Å². The Kier molecular flexibility index (Phi) is 3.88. The van der Waals surface area contributed by atoms with Gasteiger partial charge in [-0.3, -0.25) is 0 Å². The molecule has 0 unspecified atom stereocenters. The maximum Gasteiger partial charge on any atom is 0.142 e. The smallest absolute Gasteiger partial charge is 0.142 e. The summed E-state index contributed by atoms with van der Waals surface area (Å²) in [5.41, 5.74) is 2.77. The van der Waals surface area contributed by atoms with Crippen LogP contribution in [0.1, 0.15) is 5.56 Å². The van der Waals surface area contributed by atoms with E-state index >= 15 is 0 Å². The van der Waals surface area contributed by atoms with Crippen molar-refractivity contribution in [2.45, 2.75) is 6.54 Å². The largest absolute Gasteiger partial charge is 0.379 e. The molecule has 3 nitrogen and oxygen atoms in total. The van der Waals surface area contributed by atoms with Crippen molar-refractivity contribution in [1.82, 2.24) is 9.55 Å². The van der Waals surface area contributed by atoms with Gasteiger partial charge in [0.25, 0.3) is 0 Å². The van der Waals surface area contributed by atoms with E-state index in [2.05, 4.69) is 10.3 Å². The van der Waals surface area contributed by atoms with E-state index in [0.717, 1.165) is 16.9 Å². The lowest BCUT2D eigenvalue weighted by molar-refractivity contribution is 0.626. The van der Waals surface area contributed by atoms with Gasteiger partial charge in [0.1, 0.15) is 5.82 Å². The summed E-state index contributed by atoms with van der Waals surface area (Å²) in [6.07, 6.45) is 5.34. The number of imidazole rings is 1. The normalized spacial score (nSPS) is 10.6. The van der Waals surface area contributed by atoms with Gasteiger partial charge < -0.3 is 9.88 Å². The van der Waals surface area contributed by atoms with Gasteiger partial charge in [-0.15, -0.1) is 0 Å². The van der Waals surface area contributed by atoms with Crippen molar-refractivity contribution in [1.29, 1.82) is 0 Å². The number of hydrogen-bond donors (Lipinski definition) is 1. The molecule has 2 aromatic carbocycles. The predicted octanol–water partition coefficient (Wildman–Crippen LogP) is 4.28. The zero-order chi connectivity index (χ0) is 14.7. The minimum Gasteiger partial charge on any atom is -0.379 e. The maximum atomic E-state index is 13.4. The highest BCUT2D eigenvalue weighted by Gasteiger charge is 2.05. The average molecular weight is 302 g/mol. The summed E-state index contributed by atoms with van der Waals surface area (Å²) in [5, 5.41) is 3.44. The number of para-hydroxylation sites is 2. The first kappa shape index (κ1) is 13.6. The third-order valence-electron chi connectivity index (χ3n) is 3.15. The van der Waals surface area contributed by atoms with Gasteiger partial charge in [-0.1, -0.05) is 29.8 Å². The van der Waals surface area contributed by atoms with Crippen LogP contribution >= 0.6 is 11.6 Å². The Hall–Kier alpha value is -2.33. The van der Waals surface area contributed by atoms with Crippen molar-refractivity contribution in [3.05, 3.63) is 77.6 Å². The Morgan fingerprint density at radius 3 is 2.81 bits per heavy atom. The molecule has 1 N–H and O–H groups in total. The molecule has 0 aliphatic carbocycles. The number of nitrogens with zero attached hydrogens (tertiary/aromatic N) is 2. The maximum absolute atomic E-state index is 13.4. The van der Waals surface area contributed by atoms with E-state index in [9.17, 15) is 4.39 Å². The molecule has 3 aromatic rings. The molecule has 1 aromatic heterocycles. The summed E-state index contributed by atoms with van der Waals surface area (Å²) in [6, 6.07) is 12.7. The Bertz CT molecular complexity index is 741. The molecule has 0 aliphatic rings. The summed E-state index contributed by atoms with van der Waals surface area (Å²) in [7, 11) is 0. The summed E-state index contributed by atoms with van der Waals surface area (Å²) < 4.78 is 15.4. The topological polar surface area (TPSA) is 29.9 Å². The van der Waals surface area contributed by atoms with Gasteiger partial charge in [0.15, 0.2) is 0 Å². The Morgan fingerprint density at radius 2 is 2.05 bits per heavy atom. The van der Waals surface area contributed by atoms with Gasteiger partial charge >= 0.3 is 0 Å². The molecule has 0 spiro atoms. The number of benzene rings is 2. The third-order valence-corrected chi connectivity index (χ3v) is 3.46. The molecule has 0 atom stereocenters. The second kappa shape index (κ2) is 5.97. The Labute approximate surface area is 127 Å². The number of aromatic nitrogens is 2. The SMILES string of the molecule is Fc1cc(CNc2ccccc2-n2ccnc2)ccc1Cl. The number of halogens is 2. The van der Waals surface area contributed by atoms with E-state index in [1.807, 2.05) is 35.0 Å². The van der Waals surface area contributed by atoms with Crippen LogP contribution in [-0.2, 0) is 6.54 Å². The van der Waals surface area contributed by atoms with Crippen LogP contribution in [0, 0.1) is 5.82 Å². The Morgan fingerprint density at radius 1 is 1.19 bits per heavy atom. The van der Waals surface area contributed by atoms with E-state index < -0.39 is 5.82 Å². The minimum absolute atomic E-state index is 0.137. The molecule has 0 saturated heterocycles. The molecule has 0 bridgehead atoms. The number of rotatable bonds is 4. The van der Waals surface area contributed by atoms with Gasteiger partial charge in [0, 0.05) is 18.9 Å². The van der Waals surface area contributed by atoms with Gasteiger partial charge in [0.05, 0.1) is 22.7 Å². The van der Waals surface area contributed by atoms with E-state index in [4.69, 9.17) is 11.6 Å². The first-order valence-electron chi connectivity index (χ1n) is 6.49. The van der Waals surface area contributed by atoms with Crippen LogP contribution in [-0.4, -0.2) is 9.55 Å². The number of hydrogen-bond acceptors (Lipinski definition) is 2. The van der Waals surface area contributed by atoms with E-state index in [-0.39, 0.29) is 5.02 Å². The molecule has 0 aliphatic heterocycles. The quantitative estimate of drug-likeness (QED) is 0.779. The fourth-order valence-corrected chi connectivity index (χ4v) is 2.21.